The van der Waals surface area contributed by atoms with Crippen molar-refractivity contribution >= 4 is 29.3 Å². The van der Waals surface area contributed by atoms with Crippen LogP contribution in [0.1, 0.15) is 16.8 Å². The molecule has 0 spiro atoms. The van der Waals surface area contributed by atoms with Gasteiger partial charge < -0.3 is 15.4 Å². The number of carbonyl (C=O) groups is 2. The van der Waals surface area contributed by atoms with Crippen molar-refractivity contribution < 1.29 is 27.5 Å². The van der Waals surface area contributed by atoms with Crippen molar-refractivity contribution in [3.63, 3.8) is 0 Å². The molecule has 2 amide bonds. The van der Waals surface area contributed by atoms with E-state index in [4.69, 9.17) is 11.6 Å². The second kappa shape index (κ2) is 9.47. The molecule has 0 aliphatic heterocycles. The summed E-state index contributed by atoms with van der Waals surface area (Å²) in [7, 11) is 2.57. The molecule has 0 aliphatic rings. The number of hydrogen-bond acceptors (Lipinski definition) is 4. The number of urea groups is 1. The van der Waals surface area contributed by atoms with E-state index in [0.717, 1.165) is 4.90 Å². The molecule has 0 radical (unpaired) electrons. The Morgan fingerprint density at radius 1 is 1.32 bits per heavy atom. The first kappa shape index (κ1) is 21.0. The highest BCUT2D eigenvalue weighted by molar-refractivity contribution is 6.33. The summed E-state index contributed by atoms with van der Waals surface area (Å²) in [5.41, 5.74) is 0.437. The summed E-state index contributed by atoms with van der Waals surface area (Å²) >= 11 is 5.87. The zero-order chi connectivity index (χ0) is 19.0. The van der Waals surface area contributed by atoms with Crippen LogP contribution in [0.5, 0.6) is 0 Å². The third kappa shape index (κ3) is 8.08. The minimum absolute atomic E-state index is 0.107. The maximum Gasteiger partial charge on any atom is 0.401 e. The Morgan fingerprint density at radius 3 is 2.60 bits per heavy atom. The number of anilines is 1. The highest BCUT2D eigenvalue weighted by atomic mass is 35.5. The number of rotatable bonds is 7. The Hall–Kier alpha value is -2.00. The molecule has 0 saturated carbocycles. The maximum absolute atomic E-state index is 12.2. The molecule has 1 aromatic carbocycles. The highest BCUT2D eigenvalue weighted by Crippen LogP contribution is 2.21. The van der Waals surface area contributed by atoms with Gasteiger partial charge in [-0.05, 0) is 38.2 Å². The average molecular weight is 382 g/mol. The zero-order valence-corrected chi connectivity index (χ0v) is 14.5. The van der Waals surface area contributed by atoms with Gasteiger partial charge >= 0.3 is 18.2 Å². The molecule has 0 bridgehead atoms. The summed E-state index contributed by atoms with van der Waals surface area (Å²) in [5, 5.41) is 5.21. The van der Waals surface area contributed by atoms with E-state index in [1.54, 1.807) is 0 Å². The molecular weight excluding hydrogens is 363 g/mol. The lowest BCUT2D eigenvalue weighted by Gasteiger charge is -2.18. The molecule has 1 aromatic rings. The maximum atomic E-state index is 12.2. The van der Waals surface area contributed by atoms with Crippen LogP contribution in [-0.2, 0) is 4.74 Å². The van der Waals surface area contributed by atoms with E-state index in [-0.39, 0.29) is 23.7 Å². The van der Waals surface area contributed by atoms with Crippen LogP contribution in [0, 0.1) is 0 Å². The van der Waals surface area contributed by atoms with Crippen molar-refractivity contribution in [2.24, 2.45) is 0 Å². The van der Waals surface area contributed by atoms with Gasteiger partial charge in [-0.25, -0.2) is 9.59 Å². The number of ether oxygens (including phenoxy) is 1. The van der Waals surface area contributed by atoms with Crippen molar-refractivity contribution in [2.75, 3.05) is 39.1 Å². The lowest BCUT2D eigenvalue weighted by Crippen LogP contribution is -2.34. The van der Waals surface area contributed by atoms with Crippen molar-refractivity contribution in [1.29, 1.82) is 0 Å². The molecule has 2 N–H and O–H groups in total. The minimum atomic E-state index is -4.24. The summed E-state index contributed by atoms with van der Waals surface area (Å²) < 4.78 is 41.1. The van der Waals surface area contributed by atoms with Crippen molar-refractivity contribution in [2.45, 2.75) is 12.6 Å². The van der Waals surface area contributed by atoms with Gasteiger partial charge in [0.15, 0.2) is 0 Å². The van der Waals surface area contributed by atoms with E-state index in [0.29, 0.717) is 12.1 Å². The number of methoxy groups -OCH3 is 1. The van der Waals surface area contributed by atoms with Crippen molar-refractivity contribution in [1.82, 2.24) is 10.2 Å². The van der Waals surface area contributed by atoms with Crippen LogP contribution in [-0.4, -0.2) is 56.9 Å². The Kier molecular flexibility index (Phi) is 7.98. The van der Waals surface area contributed by atoms with Gasteiger partial charge in [0.1, 0.15) is 0 Å². The number of carbonyl (C=O) groups excluding carboxylic acids is 2. The van der Waals surface area contributed by atoms with Gasteiger partial charge in [0, 0.05) is 12.2 Å². The molecule has 25 heavy (non-hydrogen) atoms. The molecule has 0 unspecified atom stereocenters. The lowest BCUT2D eigenvalue weighted by atomic mass is 10.2. The number of nitrogens with zero attached hydrogens (tertiary/aromatic N) is 1. The normalized spacial score (nSPS) is 11.3. The van der Waals surface area contributed by atoms with Crippen LogP contribution in [0.2, 0.25) is 5.02 Å². The zero-order valence-electron chi connectivity index (χ0n) is 13.7. The lowest BCUT2D eigenvalue weighted by molar-refractivity contribution is -0.143. The predicted octanol–water partition coefficient (Wildman–Crippen LogP) is 3.13. The van der Waals surface area contributed by atoms with Crippen LogP contribution in [0.25, 0.3) is 0 Å². The molecule has 0 fully saturated rings. The van der Waals surface area contributed by atoms with E-state index < -0.39 is 24.7 Å². The van der Waals surface area contributed by atoms with Gasteiger partial charge in [0.05, 0.1) is 24.2 Å². The van der Waals surface area contributed by atoms with Crippen LogP contribution >= 0.6 is 11.6 Å². The summed E-state index contributed by atoms with van der Waals surface area (Å²) in [4.78, 5) is 24.4. The van der Waals surface area contributed by atoms with Gasteiger partial charge in [-0.2, -0.15) is 13.2 Å². The monoisotopic (exact) mass is 381 g/mol. The molecule has 0 aliphatic carbocycles. The van der Waals surface area contributed by atoms with Gasteiger partial charge in [0.2, 0.25) is 0 Å². The van der Waals surface area contributed by atoms with Gasteiger partial charge in [-0.1, -0.05) is 11.6 Å². The Morgan fingerprint density at radius 2 is 2.00 bits per heavy atom. The first-order valence-electron chi connectivity index (χ1n) is 7.30. The standard InChI is InChI=1S/C15H19ClF3N3O3/c1-22(9-15(17,18)19)7-3-6-20-14(24)21-10-4-5-12(16)11(8-10)13(23)25-2/h4-5,8H,3,6-7,9H2,1-2H3,(H2,20,21,24). The largest absolute Gasteiger partial charge is 0.465 e. The Labute approximate surface area is 148 Å². The van der Waals surface area contributed by atoms with Gasteiger partial charge in [0.25, 0.3) is 0 Å². The van der Waals surface area contributed by atoms with Gasteiger partial charge in [-0.15, -0.1) is 0 Å². The number of alkyl halides is 3. The first-order chi connectivity index (χ1) is 11.6. The molecule has 0 heterocycles. The molecule has 140 valence electrons. The van der Waals surface area contributed by atoms with E-state index in [9.17, 15) is 22.8 Å². The molecule has 0 atom stereocenters. The predicted molar refractivity (Wildman–Crippen MR) is 88.0 cm³/mol. The minimum Gasteiger partial charge on any atom is -0.465 e. The fourth-order valence-corrected chi connectivity index (χ4v) is 2.18. The second-order valence-corrected chi connectivity index (χ2v) is 5.68. The van der Waals surface area contributed by atoms with E-state index in [1.807, 2.05) is 0 Å². The molecule has 1 rings (SSSR count). The Balaban J connectivity index is 2.41. The third-order valence-electron chi connectivity index (χ3n) is 3.08. The third-order valence-corrected chi connectivity index (χ3v) is 3.41. The molecular formula is C15H19ClF3N3O3. The number of esters is 1. The first-order valence-corrected chi connectivity index (χ1v) is 7.68. The fourth-order valence-electron chi connectivity index (χ4n) is 1.98. The van der Waals surface area contributed by atoms with Crippen molar-refractivity contribution in [3.05, 3.63) is 28.8 Å². The van der Waals surface area contributed by atoms with Crippen LogP contribution < -0.4 is 10.6 Å². The average Bonchev–Trinajstić information content (AvgIpc) is 2.51. The highest BCUT2D eigenvalue weighted by Gasteiger charge is 2.28. The SMILES string of the molecule is COC(=O)c1cc(NC(=O)NCCCN(C)CC(F)(F)F)ccc1Cl. The van der Waals surface area contributed by atoms with E-state index in [2.05, 4.69) is 15.4 Å². The summed E-state index contributed by atoms with van der Waals surface area (Å²) in [5.74, 6) is -0.637. The molecule has 10 heteroatoms. The summed E-state index contributed by atoms with van der Waals surface area (Å²) in [6.07, 6.45) is -3.89. The fraction of sp³-hybridized carbons (Fsp3) is 0.467. The number of hydrogen-bond donors (Lipinski definition) is 2. The van der Waals surface area contributed by atoms with Crippen LogP contribution in [0.3, 0.4) is 0 Å². The second-order valence-electron chi connectivity index (χ2n) is 5.27. The van der Waals surface area contributed by atoms with Crippen molar-refractivity contribution in [3.8, 4) is 0 Å². The topological polar surface area (TPSA) is 70.7 Å². The molecule has 0 aromatic heterocycles. The summed E-state index contributed by atoms with van der Waals surface area (Å²) in [6, 6.07) is 3.77. The van der Waals surface area contributed by atoms with Crippen LogP contribution in [0.4, 0.5) is 23.7 Å². The number of amides is 2. The van der Waals surface area contributed by atoms with E-state index in [1.165, 1.54) is 32.4 Å². The Bertz CT molecular complexity index is 611. The smallest absolute Gasteiger partial charge is 0.401 e. The number of benzene rings is 1. The van der Waals surface area contributed by atoms with E-state index >= 15 is 0 Å². The number of halogens is 4. The molecule has 0 saturated heterocycles. The van der Waals surface area contributed by atoms with Crippen LogP contribution in [0.15, 0.2) is 18.2 Å². The molecule has 6 nitrogen and oxygen atoms in total. The summed E-state index contributed by atoms with van der Waals surface area (Å²) in [6.45, 7) is -0.612. The number of nitrogens with one attached hydrogen (secondary N) is 2. The quantitative estimate of drug-likeness (QED) is 0.562. The van der Waals surface area contributed by atoms with Gasteiger partial charge in [-0.3, -0.25) is 4.90 Å².